The Morgan fingerprint density at radius 3 is 2.39 bits per heavy atom. The van der Waals surface area contributed by atoms with Crippen LogP contribution >= 0.6 is 0 Å². The van der Waals surface area contributed by atoms with Crippen molar-refractivity contribution in [3.63, 3.8) is 0 Å². The Hall–Kier alpha value is -3.73. The summed E-state index contributed by atoms with van der Waals surface area (Å²) in [5, 5.41) is 9.50. The Kier molecular flexibility index (Phi) is 3.79. The van der Waals surface area contributed by atoms with E-state index in [2.05, 4.69) is 29.3 Å². The van der Waals surface area contributed by atoms with E-state index >= 15 is 0 Å². The average molecular weight is 369 g/mol. The molecule has 0 atom stereocenters. The predicted molar refractivity (Wildman–Crippen MR) is 107 cm³/mol. The van der Waals surface area contributed by atoms with Crippen LogP contribution in [0, 0.1) is 12.7 Å². The molecule has 0 spiro atoms. The van der Waals surface area contributed by atoms with Gasteiger partial charge in [0.25, 0.3) is 0 Å². The van der Waals surface area contributed by atoms with Crippen LogP contribution in [0.3, 0.4) is 0 Å². The molecular formula is C23H16FN3O. The monoisotopic (exact) mass is 369 g/mol. The molecule has 0 fully saturated rings. The summed E-state index contributed by atoms with van der Waals surface area (Å²) in [5.41, 5.74) is 5.70. The van der Waals surface area contributed by atoms with Crippen LogP contribution < -0.4 is 0 Å². The summed E-state index contributed by atoms with van der Waals surface area (Å²) in [6, 6.07) is 22.4. The van der Waals surface area contributed by atoms with Gasteiger partial charge in [-0.3, -0.25) is 0 Å². The summed E-state index contributed by atoms with van der Waals surface area (Å²) < 4.78 is 20.7. The lowest BCUT2D eigenvalue weighted by Gasteiger charge is -2.08. The molecule has 5 heteroatoms. The van der Waals surface area contributed by atoms with Gasteiger partial charge in [0, 0.05) is 11.1 Å². The number of hydrogen-bond donors (Lipinski definition) is 0. The van der Waals surface area contributed by atoms with E-state index in [-0.39, 0.29) is 5.82 Å². The minimum atomic E-state index is -0.282. The second-order valence-corrected chi connectivity index (χ2v) is 6.71. The van der Waals surface area contributed by atoms with Crippen LogP contribution in [0.25, 0.3) is 39.2 Å². The van der Waals surface area contributed by atoms with Gasteiger partial charge in [-0.2, -0.15) is 5.10 Å². The maximum Gasteiger partial charge on any atom is 0.174 e. The van der Waals surface area contributed by atoms with Gasteiger partial charge in [0.1, 0.15) is 11.3 Å². The van der Waals surface area contributed by atoms with E-state index in [9.17, 15) is 4.39 Å². The number of hydrogen-bond acceptors (Lipinski definition) is 3. The molecule has 0 saturated carbocycles. The molecule has 0 aliphatic carbocycles. The smallest absolute Gasteiger partial charge is 0.174 e. The Bertz CT molecular complexity index is 1270. The molecule has 0 saturated heterocycles. The molecule has 4 nitrogen and oxygen atoms in total. The summed E-state index contributed by atoms with van der Waals surface area (Å²) in [5.74, 6) is 0.341. The van der Waals surface area contributed by atoms with Crippen molar-refractivity contribution in [1.29, 1.82) is 0 Å². The molecule has 5 rings (SSSR count). The molecule has 28 heavy (non-hydrogen) atoms. The molecule has 0 bridgehead atoms. The van der Waals surface area contributed by atoms with Crippen molar-refractivity contribution in [2.75, 3.05) is 0 Å². The summed E-state index contributed by atoms with van der Waals surface area (Å²) in [4.78, 5) is 0. The molecule has 0 unspecified atom stereocenters. The Morgan fingerprint density at radius 2 is 1.61 bits per heavy atom. The second kappa shape index (κ2) is 6.46. The van der Waals surface area contributed by atoms with E-state index in [1.165, 1.54) is 17.7 Å². The quantitative estimate of drug-likeness (QED) is 0.404. The second-order valence-electron chi connectivity index (χ2n) is 6.71. The van der Waals surface area contributed by atoms with Gasteiger partial charge in [-0.1, -0.05) is 28.9 Å². The van der Waals surface area contributed by atoms with Crippen molar-refractivity contribution in [1.82, 2.24) is 14.9 Å². The number of fused-ring (bicyclic) bond motifs is 1. The maximum absolute atomic E-state index is 13.3. The highest BCUT2D eigenvalue weighted by Gasteiger charge is 2.14. The molecule has 0 aliphatic heterocycles. The zero-order chi connectivity index (χ0) is 19.1. The molecular weight excluding hydrogens is 353 g/mol. The number of aromatic nitrogens is 3. The van der Waals surface area contributed by atoms with Crippen LogP contribution in [0.4, 0.5) is 4.39 Å². The Morgan fingerprint density at radius 1 is 0.857 bits per heavy atom. The van der Waals surface area contributed by atoms with E-state index in [1.807, 2.05) is 41.1 Å². The molecule has 0 amide bonds. The van der Waals surface area contributed by atoms with E-state index < -0.39 is 0 Å². The molecule has 136 valence electrons. The lowest BCUT2D eigenvalue weighted by Crippen LogP contribution is -1.98. The fraction of sp³-hybridized carbons (Fsp3) is 0.0435. The van der Waals surface area contributed by atoms with Gasteiger partial charge in [-0.25, -0.2) is 9.07 Å². The summed E-state index contributed by atoms with van der Waals surface area (Å²) in [6.07, 6.45) is 1.79. The molecule has 3 aromatic carbocycles. The van der Waals surface area contributed by atoms with Crippen molar-refractivity contribution in [2.45, 2.75) is 6.92 Å². The lowest BCUT2D eigenvalue weighted by atomic mass is 10.0. The highest BCUT2D eigenvalue weighted by Crippen LogP contribution is 2.32. The summed E-state index contributed by atoms with van der Waals surface area (Å²) in [6.45, 7) is 2.06. The number of nitrogens with zero attached hydrogens (tertiary/aromatic N) is 3. The topological polar surface area (TPSA) is 43.9 Å². The third-order valence-corrected chi connectivity index (χ3v) is 4.80. The molecule has 2 heterocycles. The van der Waals surface area contributed by atoms with Crippen LogP contribution in [-0.2, 0) is 0 Å². The average Bonchev–Trinajstić information content (AvgIpc) is 3.36. The third kappa shape index (κ3) is 2.77. The lowest BCUT2D eigenvalue weighted by molar-refractivity contribution is 0.441. The van der Waals surface area contributed by atoms with Crippen molar-refractivity contribution < 1.29 is 8.91 Å². The minimum Gasteiger partial charge on any atom is -0.355 e. The predicted octanol–water partition coefficient (Wildman–Crippen LogP) is 5.80. The zero-order valence-electron chi connectivity index (χ0n) is 15.1. The van der Waals surface area contributed by atoms with Crippen LogP contribution in [0.5, 0.6) is 0 Å². The maximum atomic E-state index is 13.3. The summed E-state index contributed by atoms with van der Waals surface area (Å²) in [7, 11) is 0. The van der Waals surface area contributed by atoms with E-state index in [0.29, 0.717) is 5.76 Å². The van der Waals surface area contributed by atoms with Crippen LogP contribution in [0.2, 0.25) is 0 Å². The van der Waals surface area contributed by atoms with Gasteiger partial charge < -0.3 is 4.52 Å². The minimum absolute atomic E-state index is 0.282. The Balaban J connectivity index is 1.63. The number of benzene rings is 3. The molecule has 0 aliphatic rings. The first-order valence-electron chi connectivity index (χ1n) is 8.96. The zero-order valence-corrected chi connectivity index (χ0v) is 15.1. The number of aryl methyl sites for hydroxylation is 1. The standard InChI is InChI=1S/C23H16FN3O/c1-15-2-9-19(10-3-15)27-22(12-13-25-27)17-6-11-21-20(14-17)23(28-26-21)16-4-7-18(24)8-5-16/h2-14H,1H3. The largest absolute Gasteiger partial charge is 0.355 e. The van der Waals surface area contributed by atoms with E-state index in [1.54, 1.807) is 18.3 Å². The van der Waals surface area contributed by atoms with Gasteiger partial charge in [0.05, 0.1) is 23.0 Å². The highest BCUT2D eigenvalue weighted by atomic mass is 19.1. The fourth-order valence-corrected chi connectivity index (χ4v) is 3.32. The van der Waals surface area contributed by atoms with E-state index in [4.69, 9.17) is 4.52 Å². The van der Waals surface area contributed by atoms with Crippen LogP contribution in [0.1, 0.15) is 5.56 Å². The SMILES string of the molecule is Cc1ccc(-n2nccc2-c2ccc3noc(-c4ccc(F)cc4)c3c2)cc1. The van der Waals surface area contributed by atoms with Crippen molar-refractivity contribution in [3.8, 4) is 28.3 Å². The third-order valence-electron chi connectivity index (χ3n) is 4.80. The molecule has 5 aromatic rings. The first-order chi connectivity index (χ1) is 13.7. The number of halogens is 1. The first-order valence-corrected chi connectivity index (χ1v) is 8.96. The van der Waals surface area contributed by atoms with E-state index in [0.717, 1.165) is 33.4 Å². The molecule has 0 N–H and O–H groups in total. The van der Waals surface area contributed by atoms with Crippen molar-refractivity contribution in [2.24, 2.45) is 0 Å². The van der Waals surface area contributed by atoms with Crippen molar-refractivity contribution >= 4 is 10.9 Å². The molecule has 2 aromatic heterocycles. The van der Waals surface area contributed by atoms with Crippen molar-refractivity contribution in [3.05, 3.63) is 90.4 Å². The van der Waals surface area contributed by atoms with Gasteiger partial charge in [-0.15, -0.1) is 0 Å². The first kappa shape index (κ1) is 16.4. The summed E-state index contributed by atoms with van der Waals surface area (Å²) >= 11 is 0. The Labute approximate surface area is 160 Å². The number of rotatable bonds is 3. The van der Waals surface area contributed by atoms with Crippen LogP contribution in [0.15, 0.2) is 83.5 Å². The van der Waals surface area contributed by atoms with Gasteiger partial charge in [-0.05, 0) is 61.5 Å². The normalized spacial score (nSPS) is 11.2. The van der Waals surface area contributed by atoms with Gasteiger partial charge >= 0.3 is 0 Å². The fourth-order valence-electron chi connectivity index (χ4n) is 3.32. The van der Waals surface area contributed by atoms with Crippen LogP contribution in [-0.4, -0.2) is 14.9 Å². The molecule has 0 radical (unpaired) electrons. The van der Waals surface area contributed by atoms with Gasteiger partial charge in [0.2, 0.25) is 0 Å². The highest BCUT2D eigenvalue weighted by molar-refractivity contribution is 5.94. The van der Waals surface area contributed by atoms with Gasteiger partial charge in [0.15, 0.2) is 5.76 Å².